The summed E-state index contributed by atoms with van der Waals surface area (Å²) >= 11 is 0. The molecule has 1 aromatic carbocycles. The summed E-state index contributed by atoms with van der Waals surface area (Å²) in [6.45, 7) is 3.90. The first-order valence-corrected chi connectivity index (χ1v) is 11.7. The Hall–Kier alpha value is -2.08. The summed E-state index contributed by atoms with van der Waals surface area (Å²) in [5.74, 6) is 1.89. The standard InChI is InChI=1S/C24H37N5O.ClH/c1-2-3-4-5-6-7-8-9-11-19-13-15-20(16-14-19)22-27-23(30-28-22)21-12-10-17-29(18-21)24(25)26;/h13-16,21H,2-12,17-18H2,1H3,(H3,25,26);1H/t21-;/m1./s1. The van der Waals surface area contributed by atoms with Crippen molar-refractivity contribution in [1.29, 1.82) is 0 Å². The fourth-order valence-corrected chi connectivity index (χ4v) is 4.21. The predicted molar refractivity (Wildman–Crippen MR) is 121 cm³/mol. The van der Waals surface area contributed by atoms with Gasteiger partial charge in [0, 0.05) is 5.56 Å². The molecule has 31 heavy (non-hydrogen) atoms. The molecule has 0 aliphatic carbocycles. The van der Waals surface area contributed by atoms with Crippen LogP contribution < -0.4 is 23.9 Å². The molecule has 0 amide bonds. The number of hydrogen-bond acceptors (Lipinski definition) is 3. The second-order valence-electron chi connectivity index (χ2n) is 8.59. The van der Waals surface area contributed by atoms with Crippen molar-refractivity contribution in [2.45, 2.75) is 83.5 Å². The molecule has 1 aliphatic rings. The summed E-state index contributed by atoms with van der Waals surface area (Å²) in [5.41, 5.74) is 13.9. The van der Waals surface area contributed by atoms with Gasteiger partial charge in [-0.05, 0) is 31.2 Å². The molecule has 4 N–H and O–H groups in total. The molecule has 1 aromatic heterocycles. The third kappa shape index (κ3) is 7.84. The Balaban J connectivity index is 0.00000341. The van der Waals surface area contributed by atoms with Crippen LogP contribution in [-0.2, 0) is 6.42 Å². The molecule has 2 aromatic rings. The minimum atomic E-state index is 0. The molecular formula is C24H38ClN5O. The van der Waals surface area contributed by atoms with Crippen molar-refractivity contribution >= 4 is 5.96 Å². The van der Waals surface area contributed by atoms with Gasteiger partial charge in [-0.25, -0.2) is 0 Å². The van der Waals surface area contributed by atoms with Crippen LogP contribution in [0.1, 0.15) is 88.5 Å². The average molecular weight is 448 g/mol. The molecule has 0 unspecified atom stereocenters. The number of piperidine rings is 1. The number of hydrogen-bond donors (Lipinski definition) is 2. The topological polar surface area (TPSA) is 94.0 Å². The first-order chi connectivity index (χ1) is 14.7. The van der Waals surface area contributed by atoms with E-state index in [1.54, 1.807) is 0 Å². The van der Waals surface area contributed by atoms with E-state index in [-0.39, 0.29) is 18.3 Å². The largest absolute Gasteiger partial charge is 1.00 e. The highest BCUT2D eigenvalue weighted by atomic mass is 35.5. The quantitative estimate of drug-likeness (QED) is 0.310. The van der Waals surface area contributed by atoms with Crippen LogP contribution in [0.5, 0.6) is 0 Å². The van der Waals surface area contributed by atoms with Crippen LogP contribution in [0.2, 0.25) is 0 Å². The molecule has 3 rings (SSSR count). The van der Waals surface area contributed by atoms with Gasteiger partial charge >= 0.3 is 5.96 Å². The van der Waals surface area contributed by atoms with Gasteiger partial charge in [0.2, 0.25) is 11.7 Å². The average Bonchev–Trinajstić information content (AvgIpc) is 3.26. The Kier molecular flexibility index (Phi) is 10.9. The summed E-state index contributed by atoms with van der Waals surface area (Å²) in [5, 5.41) is 4.20. The van der Waals surface area contributed by atoms with E-state index < -0.39 is 0 Å². The lowest BCUT2D eigenvalue weighted by atomic mass is 9.99. The molecule has 0 saturated carbocycles. The Bertz CT molecular complexity index is 799. The second-order valence-corrected chi connectivity index (χ2v) is 8.59. The molecule has 1 aliphatic heterocycles. The monoisotopic (exact) mass is 447 g/mol. The van der Waals surface area contributed by atoms with Crippen LogP contribution >= 0.6 is 0 Å². The molecule has 0 bridgehead atoms. The summed E-state index contributed by atoms with van der Waals surface area (Å²) in [6.07, 6.45) is 14.0. The van der Waals surface area contributed by atoms with Gasteiger partial charge in [0.05, 0.1) is 19.0 Å². The maximum Gasteiger partial charge on any atom is 0.341 e. The Morgan fingerprint density at radius 3 is 2.39 bits per heavy atom. The highest BCUT2D eigenvalue weighted by Crippen LogP contribution is 2.26. The van der Waals surface area contributed by atoms with E-state index in [9.17, 15) is 0 Å². The number of benzene rings is 1. The number of unbranched alkanes of at least 4 members (excludes halogenated alkanes) is 7. The molecule has 2 heterocycles. The lowest BCUT2D eigenvalue weighted by Crippen LogP contribution is -3.00. The fourth-order valence-electron chi connectivity index (χ4n) is 4.21. The van der Waals surface area contributed by atoms with Crippen molar-refractivity contribution in [2.75, 3.05) is 13.1 Å². The van der Waals surface area contributed by atoms with Crippen LogP contribution in [0.4, 0.5) is 0 Å². The van der Waals surface area contributed by atoms with E-state index in [4.69, 9.17) is 16.0 Å². The minimum absolute atomic E-state index is 0. The third-order valence-corrected chi connectivity index (χ3v) is 6.11. The van der Waals surface area contributed by atoms with Gasteiger partial charge in [-0.2, -0.15) is 4.98 Å². The Labute approximate surface area is 192 Å². The zero-order chi connectivity index (χ0) is 21.2. The fraction of sp³-hybridized carbons (Fsp3) is 0.625. The molecule has 1 saturated heterocycles. The lowest BCUT2D eigenvalue weighted by Gasteiger charge is -2.21. The summed E-state index contributed by atoms with van der Waals surface area (Å²) < 4.78 is 7.55. The zero-order valence-corrected chi connectivity index (χ0v) is 19.6. The predicted octanol–water partition coefficient (Wildman–Crippen LogP) is 1.59. The minimum Gasteiger partial charge on any atom is -1.00 e. The van der Waals surface area contributed by atoms with E-state index in [0.29, 0.717) is 17.7 Å². The van der Waals surface area contributed by atoms with Crippen molar-refractivity contribution < 1.29 is 21.5 Å². The normalized spacial score (nSPS) is 16.2. The Morgan fingerprint density at radius 2 is 1.71 bits per heavy atom. The molecule has 0 radical (unpaired) electrons. The third-order valence-electron chi connectivity index (χ3n) is 6.11. The van der Waals surface area contributed by atoms with Crippen LogP contribution in [-0.4, -0.2) is 33.8 Å². The van der Waals surface area contributed by atoms with Crippen LogP contribution in [0.15, 0.2) is 28.8 Å². The number of halogens is 1. The first kappa shape index (κ1) is 25.2. The van der Waals surface area contributed by atoms with Gasteiger partial charge < -0.3 is 16.9 Å². The molecule has 0 spiro atoms. The molecule has 7 heteroatoms. The van der Waals surface area contributed by atoms with E-state index in [1.165, 1.54) is 56.9 Å². The van der Waals surface area contributed by atoms with Crippen molar-refractivity contribution in [2.24, 2.45) is 11.5 Å². The summed E-state index contributed by atoms with van der Waals surface area (Å²) in [4.78, 5) is 4.65. The maximum atomic E-state index is 5.75. The Morgan fingerprint density at radius 1 is 1.03 bits per heavy atom. The molecule has 1 fully saturated rings. The van der Waals surface area contributed by atoms with Gasteiger partial charge in [0.1, 0.15) is 0 Å². The number of aryl methyl sites for hydroxylation is 1. The number of rotatable bonds is 11. The molecule has 172 valence electrons. The highest BCUT2D eigenvalue weighted by molar-refractivity contribution is 5.70. The lowest BCUT2D eigenvalue weighted by molar-refractivity contribution is -0.542. The smallest absolute Gasteiger partial charge is 0.341 e. The SMILES string of the molecule is CCCCCCCCCCc1ccc(-c2noc([C@@H]3CCC[N+](=C(N)N)C3)n2)cc1.[Cl-]. The highest BCUT2D eigenvalue weighted by Gasteiger charge is 2.26. The summed E-state index contributed by atoms with van der Waals surface area (Å²) in [6, 6.07) is 8.60. The maximum absolute atomic E-state index is 5.75. The zero-order valence-electron chi connectivity index (χ0n) is 18.9. The first-order valence-electron chi connectivity index (χ1n) is 11.7. The molecular weight excluding hydrogens is 410 g/mol. The number of nitrogens with two attached hydrogens (primary N) is 2. The van der Waals surface area contributed by atoms with E-state index in [1.807, 2.05) is 4.58 Å². The van der Waals surface area contributed by atoms with E-state index in [0.717, 1.165) is 37.9 Å². The van der Waals surface area contributed by atoms with Gasteiger partial charge in [0.15, 0.2) is 0 Å². The molecule has 6 nitrogen and oxygen atoms in total. The summed E-state index contributed by atoms with van der Waals surface area (Å²) in [7, 11) is 0. The second kappa shape index (κ2) is 13.4. The van der Waals surface area contributed by atoms with Crippen LogP contribution in [0.3, 0.4) is 0 Å². The van der Waals surface area contributed by atoms with Gasteiger partial charge in [-0.1, -0.05) is 81.3 Å². The van der Waals surface area contributed by atoms with Crippen molar-refractivity contribution in [3.05, 3.63) is 35.7 Å². The van der Waals surface area contributed by atoms with Crippen LogP contribution in [0, 0.1) is 0 Å². The number of nitrogens with zero attached hydrogens (tertiary/aromatic N) is 3. The number of guanidine groups is 1. The molecule has 1 atom stereocenters. The van der Waals surface area contributed by atoms with Crippen molar-refractivity contribution in [1.82, 2.24) is 10.1 Å². The van der Waals surface area contributed by atoms with E-state index >= 15 is 0 Å². The van der Waals surface area contributed by atoms with Gasteiger partial charge in [0.25, 0.3) is 0 Å². The van der Waals surface area contributed by atoms with Crippen LogP contribution in [0.25, 0.3) is 11.4 Å². The van der Waals surface area contributed by atoms with Gasteiger partial charge in [-0.15, -0.1) is 0 Å². The van der Waals surface area contributed by atoms with Gasteiger partial charge in [-0.3, -0.25) is 16.0 Å². The number of aromatic nitrogens is 2. The van der Waals surface area contributed by atoms with Crippen molar-refractivity contribution in [3.8, 4) is 11.4 Å². The van der Waals surface area contributed by atoms with E-state index in [2.05, 4.69) is 41.3 Å². The van der Waals surface area contributed by atoms with Crippen molar-refractivity contribution in [3.63, 3.8) is 0 Å².